The average molecular weight is 469 g/mol. The molecule has 0 radical (unpaired) electrons. The van der Waals surface area contributed by atoms with Crippen LogP contribution in [0.3, 0.4) is 0 Å². The van der Waals surface area contributed by atoms with Crippen LogP contribution in [0.4, 0.5) is 4.79 Å². The second-order valence-electron chi connectivity index (χ2n) is 9.37. The Bertz CT molecular complexity index is 1000. The van der Waals surface area contributed by atoms with Crippen LogP contribution in [0.25, 0.3) is 11.1 Å². The van der Waals surface area contributed by atoms with Crippen molar-refractivity contribution >= 4 is 18.0 Å². The molecule has 0 fully saturated rings. The molecular weight excluding hydrogens is 436 g/mol. The number of hydrogen-bond acceptors (Lipinski definition) is 5. The van der Waals surface area contributed by atoms with E-state index in [0.717, 1.165) is 22.3 Å². The van der Waals surface area contributed by atoms with E-state index in [0.29, 0.717) is 0 Å². The molecule has 2 aromatic rings. The summed E-state index contributed by atoms with van der Waals surface area (Å²) in [6, 6.07) is 15.7. The number of carbonyl (C=O) groups excluding carboxylic acids is 2. The topological polar surface area (TPSA) is 125 Å². The zero-order chi connectivity index (χ0) is 24.9. The average Bonchev–Trinajstić information content (AvgIpc) is 3.09. The SMILES string of the molecule is CC(C)C(CC(=O)NCC(C)(O)CC(=O)O)NC(=O)OCC1c2ccccc2-c2ccccc21. The van der Waals surface area contributed by atoms with Crippen molar-refractivity contribution in [2.75, 3.05) is 13.2 Å². The normalized spacial score (nSPS) is 15.1. The molecule has 0 saturated heterocycles. The van der Waals surface area contributed by atoms with Crippen LogP contribution in [0.15, 0.2) is 48.5 Å². The predicted octanol–water partition coefficient (Wildman–Crippen LogP) is 3.28. The van der Waals surface area contributed by atoms with Gasteiger partial charge in [0.15, 0.2) is 0 Å². The largest absolute Gasteiger partial charge is 0.481 e. The Labute approximate surface area is 199 Å². The minimum Gasteiger partial charge on any atom is -0.481 e. The van der Waals surface area contributed by atoms with Gasteiger partial charge in [-0.3, -0.25) is 9.59 Å². The summed E-state index contributed by atoms with van der Waals surface area (Å²) in [5, 5.41) is 24.2. The molecule has 8 heteroatoms. The summed E-state index contributed by atoms with van der Waals surface area (Å²) in [5.74, 6) is -1.67. The Morgan fingerprint density at radius 1 is 1.03 bits per heavy atom. The fourth-order valence-electron chi connectivity index (χ4n) is 4.19. The first-order valence-electron chi connectivity index (χ1n) is 11.4. The Balaban J connectivity index is 1.56. The van der Waals surface area contributed by atoms with Crippen LogP contribution in [0.2, 0.25) is 0 Å². The van der Waals surface area contributed by atoms with Gasteiger partial charge >= 0.3 is 12.1 Å². The predicted molar refractivity (Wildman–Crippen MR) is 127 cm³/mol. The molecule has 2 unspecified atom stereocenters. The van der Waals surface area contributed by atoms with Gasteiger partial charge < -0.3 is 25.6 Å². The van der Waals surface area contributed by atoms with Gasteiger partial charge in [0.05, 0.1) is 12.0 Å². The van der Waals surface area contributed by atoms with E-state index in [2.05, 4.69) is 22.8 Å². The number of benzene rings is 2. The molecule has 0 aromatic heterocycles. The molecule has 2 amide bonds. The van der Waals surface area contributed by atoms with E-state index >= 15 is 0 Å². The Kier molecular flexibility index (Phi) is 7.94. The smallest absolute Gasteiger partial charge is 0.407 e. The third-order valence-electron chi connectivity index (χ3n) is 6.06. The van der Waals surface area contributed by atoms with Crippen LogP contribution in [0, 0.1) is 5.92 Å². The summed E-state index contributed by atoms with van der Waals surface area (Å²) in [5.41, 5.74) is 2.95. The van der Waals surface area contributed by atoms with Crippen LogP contribution >= 0.6 is 0 Å². The summed E-state index contributed by atoms with van der Waals surface area (Å²) in [7, 11) is 0. The van der Waals surface area contributed by atoms with Gasteiger partial charge in [-0.05, 0) is 35.1 Å². The second-order valence-corrected chi connectivity index (χ2v) is 9.37. The molecule has 8 nitrogen and oxygen atoms in total. The van der Waals surface area contributed by atoms with Crippen LogP contribution in [0.1, 0.15) is 50.7 Å². The number of amides is 2. The molecular formula is C26H32N2O6. The number of carboxylic acids is 1. The van der Waals surface area contributed by atoms with Gasteiger partial charge in [0.25, 0.3) is 0 Å². The number of fused-ring (bicyclic) bond motifs is 3. The number of nitrogens with one attached hydrogen (secondary N) is 2. The highest BCUT2D eigenvalue weighted by Gasteiger charge is 2.30. The van der Waals surface area contributed by atoms with Crippen molar-refractivity contribution in [2.24, 2.45) is 5.92 Å². The Morgan fingerprint density at radius 2 is 1.59 bits per heavy atom. The number of rotatable bonds is 10. The molecule has 0 bridgehead atoms. The van der Waals surface area contributed by atoms with Gasteiger partial charge in [-0.1, -0.05) is 62.4 Å². The zero-order valence-electron chi connectivity index (χ0n) is 19.7. The summed E-state index contributed by atoms with van der Waals surface area (Å²) in [6.07, 6.45) is -1.12. The van der Waals surface area contributed by atoms with E-state index in [1.807, 2.05) is 50.2 Å². The third-order valence-corrected chi connectivity index (χ3v) is 6.06. The molecule has 1 aliphatic rings. The lowest BCUT2D eigenvalue weighted by Gasteiger charge is -2.25. The molecule has 0 spiro atoms. The van der Waals surface area contributed by atoms with Crippen LogP contribution in [0.5, 0.6) is 0 Å². The Hall–Kier alpha value is -3.39. The van der Waals surface area contributed by atoms with Gasteiger partial charge in [0.2, 0.25) is 5.91 Å². The molecule has 3 rings (SSSR count). The molecule has 0 aliphatic heterocycles. The van der Waals surface area contributed by atoms with Gasteiger partial charge in [-0.2, -0.15) is 0 Å². The molecule has 34 heavy (non-hydrogen) atoms. The van der Waals surface area contributed by atoms with Crippen molar-refractivity contribution in [2.45, 2.75) is 51.2 Å². The quantitative estimate of drug-likeness (QED) is 0.424. The highest BCUT2D eigenvalue weighted by molar-refractivity contribution is 5.79. The van der Waals surface area contributed by atoms with E-state index in [-0.39, 0.29) is 31.4 Å². The van der Waals surface area contributed by atoms with Crippen molar-refractivity contribution in [3.05, 3.63) is 59.7 Å². The summed E-state index contributed by atoms with van der Waals surface area (Å²) < 4.78 is 5.57. The monoisotopic (exact) mass is 468 g/mol. The number of ether oxygens (including phenoxy) is 1. The van der Waals surface area contributed by atoms with E-state index < -0.39 is 36.0 Å². The zero-order valence-corrected chi connectivity index (χ0v) is 19.7. The highest BCUT2D eigenvalue weighted by atomic mass is 16.5. The molecule has 0 heterocycles. The fourth-order valence-corrected chi connectivity index (χ4v) is 4.19. The third kappa shape index (κ3) is 6.35. The standard InChI is InChI=1S/C26H32N2O6/c1-16(2)22(12-23(29)27-15-26(3,33)13-24(30)31)28-25(32)34-14-21-19-10-6-4-8-17(19)18-9-5-7-11-20(18)21/h4-11,16,21-22,33H,12-15H2,1-3H3,(H,27,29)(H,28,32)(H,30,31). The lowest BCUT2D eigenvalue weighted by Crippen LogP contribution is -2.46. The summed E-state index contributed by atoms with van der Waals surface area (Å²) in [4.78, 5) is 35.7. The molecule has 2 aromatic carbocycles. The maximum absolute atomic E-state index is 12.6. The first-order chi connectivity index (χ1) is 16.1. The lowest BCUT2D eigenvalue weighted by atomic mass is 9.98. The Morgan fingerprint density at radius 3 is 2.12 bits per heavy atom. The van der Waals surface area contributed by atoms with Crippen molar-refractivity contribution < 1.29 is 29.3 Å². The number of aliphatic carboxylic acids is 1. The maximum Gasteiger partial charge on any atom is 0.407 e. The van der Waals surface area contributed by atoms with Gasteiger partial charge in [0, 0.05) is 24.9 Å². The molecule has 1 aliphatic carbocycles. The summed E-state index contributed by atoms with van der Waals surface area (Å²) >= 11 is 0. The van der Waals surface area contributed by atoms with Crippen LogP contribution in [-0.2, 0) is 14.3 Å². The number of aliphatic hydroxyl groups is 1. The first-order valence-corrected chi connectivity index (χ1v) is 11.4. The van der Waals surface area contributed by atoms with Crippen molar-refractivity contribution in [1.29, 1.82) is 0 Å². The van der Waals surface area contributed by atoms with E-state index in [1.165, 1.54) is 6.92 Å². The second kappa shape index (κ2) is 10.7. The number of carbonyl (C=O) groups is 3. The summed E-state index contributed by atoms with van der Waals surface area (Å²) in [6.45, 7) is 5.07. The molecule has 182 valence electrons. The first kappa shape index (κ1) is 25.2. The fraction of sp³-hybridized carbons (Fsp3) is 0.423. The van der Waals surface area contributed by atoms with Crippen molar-refractivity contribution in [1.82, 2.24) is 10.6 Å². The van der Waals surface area contributed by atoms with E-state index in [1.54, 1.807) is 0 Å². The maximum atomic E-state index is 12.6. The van der Waals surface area contributed by atoms with Gasteiger partial charge in [0.1, 0.15) is 6.61 Å². The minimum absolute atomic E-state index is 0.0228. The minimum atomic E-state index is -1.56. The number of carboxylic acid groups (broad SMARTS) is 1. The molecule has 2 atom stereocenters. The van der Waals surface area contributed by atoms with E-state index in [4.69, 9.17) is 9.84 Å². The van der Waals surface area contributed by atoms with Crippen LogP contribution in [-0.4, -0.2) is 53.0 Å². The highest BCUT2D eigenvalue weighted by Crippen LogP contribution is 2.44. The van der Waals surface area contributed by atoms with Crippen molar-refractivity contribution in [3.8, 4) is 11.1 Å². The van der Waals surface area contributed by atoms with Crippen LogP contribution < -0.4 is 10.6 Å². The lowest BCUT2D eigenvalue weighted by molar-refractivity contribution is -0.142. The number of hydrogen-bond donors (Lipinski definition) is 4. The van der Waals surface area contributed by atoms with Gasteiger partial charge in [-0.15, -0.1) is 0 Å². The van der Waals surface area contributed by atoms with E-state index in [9.17, 15) is 19.5 Å². The molecule has 4 N–H and O–H groups in total. The molecule has 0 saturated carbocycles. The van der Waals surface area contributed by atoms with Crippen molar-refractivity contribution in [3.63, 3.8) is 0 Å². The van der Waals surface area contributed by atoms with Gasteiger partial charge in [-0.25, -0.2) is 4.79 Å². The number of alkyl carbamates (subject to hydrolysis) is 1.